The second-order valence-corrected chi connectivity index (χ2v) is 5.69. The van der Waals surface area contributed by atoms with Gasteiger partial charge in [-0.1, -0.05) is 12.1 Å². The molecule has 2 aromatic rings. The SMILES string of the molecule is Cc1ccc(Oc2cc(OCCF)ccc2CN(C)C)c(N)c1. The van der Waals surface area contributed by atoms with Crippen LogP contribution in [-0.2, 0) is 6.54 Å². The van der Waals surface area contributed by atoms with Crippen molar-refractivity contribution in [3.8, 4) is 17.2 Å². The molecule has 0 spiro atoms. The number of nitrogen functional groups attached to an aromatic ring is 1. The zero-order valence-electron chi connectivity index (χ0n) is 13.8. The second-order valence-electron chi connectivity index (χ2n) is 5.69. The van der Waals surface area contributed by atoms with Gasteiger partial charge < -0.3 is 20.1 Å². The van der Waals surface area contributed by atoms with E-state index in [2.05, 4.69) is 0 Å². The minimum absolute atomic E-state index is 0.0269. The maximum absolute atomic E-state index is 12.3. The predicted octanol–water partition coefficient (Wildman–Crippen LogP) is 3.78. The minimum Gasteiger partial charge on any atom is -0.491 e. The van der Waals surface area contributed by atoms with Crippen molar-refractivity contribution in [2.45, 2.75) is 13.5 Å². The van der Waals surface area contributed by atoms with Gasteiger partial charge in [-0.25, -0.2) is 4.39 Å². The largest absolute Gasteiger partial charge is 0.491 e. The average molecular weight is 318 g/mol. The molecular formula is C18H23FN2O2. The molecule has 0 atom stereocenters. The average Bonchev–Trinajstić information content (AvgIpc) is 2.49. The topological polar surface area (TPSA) is 47.7 Å². The van der Waals surface area contributed by atoms with E-state index in [4.69, 9.17) is 15.2 Å². The molecule has 124 valence electrons. The zero-order valence-corrected chi connectivity index (χ0v) is 13.8. The molecule has 0 unspecified atom stereocenters. The molecule has 0 aliphatic rings. The van der Waals surface area contributed by atoms with Gasteiger partial charge in [0, 0.05) is 18.2 Å². The Hall–Kier alpha value is -2.27. The minimum atomic E-state index is -0.527. The molecule has 0 saturated heterocycles. The number of hydrogen-bond acceptors (Lipinski definition) is 4. The summed E-state index contributed by atoms with van der Waals surface area (Å²) in [6, 6.07) is 11.2. The third kappa shape index (κ3) is 4.86. The zero-order chi connectivity index (χ0) is 16.8. The lowest BCUT2D eigenvalue weighted by Gasteiger charge is -2.17. The third-order valence-corrected chi connectivity index (χ3v) is 3.26. The van der Waals surface area contributed by atoms with Crippen molar-refractivity contribution in [2.24, 2.45) is 0 Å². The number of alkyl halides is 1. The Bertz CT molecular complexity index is 659. The fourth-order valence-electron chi connectivity index (χ4n) is 2.23. The van der Waals surface area contributed by atoms with Gasteiger partial charge in [0.2, 0.25) is 0 Å². The summed E-state index contributed by atoms with van der Waals surface area (Å²) in [4.78, 5) is 2.04. The fraction of sp³-hybridized carbons (Fsp3) is 0.333. The van der Waals surface area contributed by atoms with Crippen LogP contribution in [-0.4, -0.2) is 32.3 Å². The van der Waals surface area contributed by atoms with Crippen molar-refractivity contribution in [3.05, 3.63) is 47.5 Å². The summed E-state index contributed by atoms with van der Waals surface area (Å²) in [6.45, 7) is 2.19. The first-order chi connectivity index (χ1) is 11.0. The molecule has 0 aromatic heterocycles. The summed E-state index contributed by atoms with van der Waals surface area (Å²) in [5.74, 6) is 1.83. The van der Waals surface area contributed by atoms with E-state index in [0.29, 0.717) is 29.5 Å². The van der Waals surface area contributed by atoms with Crippen LogP contribution in [0.25, 0.3) is 0 Å². The van der Waals surface area contributed by atoms with Gasteiger partial charge in [0.05, 0.1) is 5.69 Å². The summed E-state index contributed by atoms with van der Waals surface area (Å²) >= 11 is 0. The van der Waals surface area contributed by atoms with E-state index >= 15 is 0 Å². The molecule has 0 fully saturated rings. The van der Waals surface area contributed by atoms with Crippen LogP contribution in [0.4, 0.5) is 10.1 Å². The molecule has 2 aromatic carbocycles. The van der Waals surface area contributed by atoms with Crippen LogP contribution in [0.15, 0.2) is 36.4 Å². The Morgan fingerprint density at radius 2 is 1.87 bits per heavy atom. The van der Waals surface area contributed by atoms with Crippen molar-refractivity contribution in [2.75, 3.05) is 33.1 Å². The smallest absolute Gasteiger partial charge is 0.150 e. The quantitative estimate of drug-likeness (QED) is 0.789. The highest BCUT2D eigenvalue weighted by Gasteiger charge is 2.10. The Labute approximate surface area is 136 Å². The monoisotopic (exact) mass is 318 g/mol. The molecule has 0 heterocycles. The molecule has 0 amide bonds. The van der Waals surface area contributed by atoms with Crippen LogP contribution in [0, 0.1) is 6.92 Å². The molecule has 0 aliphatic carbocycles. The van der Waals surface area contributed by atoms with Gasteiger partial charge in [-0.05, 0) is 44.8 Å². The normalized spacial score (nSPS) is 10.8. The molecule has 4 nitrogen and oxygen atoms in total. The predicted molar refractivity (Wildman–Crippen MR) is 91.0 cm³/mol. The summed E-state index contributed by atoms with van der Waals surface area (Å²) in [6.07, 6.45) is 0. The summed E-state index contributed by atoms with van der Waals surface area (Å²) in [5, 5.41) is 0. The second kappa shape index (κ2) is 7.83. The lowest BCUT2D eigenvalue weighted by molar-refractivity contribution is 0.272. The van der Waals surface area contributed by atoms with E-state index in [0.717, 1.165) is 11.1 Å². The van der Waals surface area contributed by atoms with Crippen molar-refractivity contribution < 1.29 is 13.9 Å². The standard InChI is InChI=1S/C18H23FN2O2/c1-13-4-7-17(16(20)10-13)23-18-11-15(22-9-8-19)6-5-14(18)12-21(2)3/h4-7,10-11H,8-9,12,20H2,1-3H3. The fourth-order valence-corrected chi connectivity index (χ4v) is 2.23. The summed E-state index contributed by atoms with van der Waals surface area (Å²) in [5.41, 5.74) is 8.68. The first kappa shape index (κ1) is 17.1. The number of ether oxygens (including phenoxy) is 2. The Morgan fingerprint density at radius 1 is 1.09 bits per heavy atom. The van der Waals surface area contributed by atoms with E-state index in [-0.39, 0.29) is 6.61 Å². The van der Waals surface area contributed by atoms with E-state index in [1.54, 1.807) is 6.07 Å². The highest BCUT2D eigenvalue weighted by Crippen LogP contribution is 2.33. The third-order valence-electron chi connectivity index (χ3n) is 3.26. The molecule has 0 radical (unpaired) electrons. The molecule has 5 heteroatoms. The Kier molecular flexibility index (Phi) is 5.82. The van der Waals surface area contributed by atoms with E-state index in [9.17, 15) is 4.39 Å². The molecule has 0 bridgehead atoms. The van der Waals surface area contributed by atoms with Gasteiger partial charge >= 0.3 is 0 Å². The van der Waals surface area contributed by atoms with Gasteiger partial charge in [-0.2, -0.15) is 0 Å². The van der Waals surface area contributed by atoms with Crippen LogP contribution in [0.3, 0.4) is 0 Å². The number of anilines is 1. The van der Waals surface area contributed by atoms with Crippen LogP contribution in [0.2, 0.25) is 0 Å². The Balaban J connectivity index is 2.31. The number of aryl methyl sites for hydroxylation is 1. The van der Waals surface area contributed by atoms with Crippen molar-refractivity contribution in [1.29, 1.82) is 0 Å². The van der Waals surface area contributed by atoms with Gasteiger partial charge in [-0.3, -0.25) is 0 Å². The lowest BCUT2D eigenvalue weighted by atomic mass is 10.1. The van der Waals surface area contributed by atoms with E-state index in [1.807, 2.05) is 56.3 Å². The molecule has 0 aliphatic heterocycles. The first-order valence-electron chi connectivity index (χ1n) is 7.50. The number of nitrogens with zero attached hydrogens (tertiary/aromatic N) is 1. The summed E-state index contributed by atoms with van der Waals surface area (Å²) in [7, 11) is 3.97. The highest BCUT2D eigenvalue weighted by atomic mass is 19.1. The van der Waals surface area contributed by atoms with Crippen molar-refractivity contribution in [3.63, 3.8) is 0 Å². The van der Waals surface area contributed by atoms with Gasteiger partial charge in [0.25, 0.3) is 0 Å². The number of hydrogen-bond donors (Lipinski definition) is 1. The number of nitrogens with two attached hydrogens (primary N) is 1. The van der Waals surface area contributed by atoms with Gasteiger partial charge in [0.15, 0.2) is 0 Å². The number of rotatable bonds is 7. The Morgan fingerprint density at radius 3 is 2.52 bits per heavy atom. The molecule has 2 rings (SSSR count). The van der Waals surface area contributed by atoms with E-state index in [1.165, 1.54) is 0 Å². The number of benzene rings is 2. The maximum Gasteiger partial charge on any atom is 0.150 e. The number of halogens is 1. The van der Waals surface area contributed by atoms with E-state index < -0.39 is 6.67 Å². The van der Waals surface area contributed by atoms with Crippen LogP contribution >= 0.6 is 0 Å². The first-order valence-corrected chi connectivity index (χ1v) is 7.50. The van der Waals surface area contributed by atoms with Crippen LogP contribution in [0.5, 0.6) is 17.2 Å². The maximum atomic E-state index is 12.3. The van der Waals surface area contributed by atoms with Crippen LogP contribution < -0.4 is 15.2 Å². The molecule has 2 N–H and O–H groups in total. The molecular weight excluding hydrogens is 295 g/mol. The lowest BCUT2D eigenvalue weighted by Crippen LogP contribution is -2.11. The van der Waals surface area contributed by atoms with Crippen molar-refractivity contribution >= 4 is 5.69 Å². The molecule has 0 saturated carbocycles. The van der Waals surface area contributed by atoms with Crippen LogP contribution in [0.1, 0.15) is 11.1 Å². The highest BCUT2D eigenvalue weighted by molar-refractivity contribution is 5.56. The molecule has 23 heavy (non-hydrogen) atoms. The van der Waals surface area contributed by atoms with Gasteiger partial charge in [-0.15, -0.1) is 0 Å². The van der Waals surface area contributed by atoms with Crippen molar-refractivity contribution in [1.82, 2.24) is 4.90 Å². The summed E-state index contributed by atoms with van der Waals surface area (Å²) < 4.78 is 23.6. The van der Waals surface area contributed by atoms with Gasteiger partial charge in [0.1, 0.15) is 30.5 Å².